The Bertz CT molecular complexity index is 789. The van der Waals surface area contributed by atoms with Crippen molar-refractivity contribution in [3.8, 4) is 0 Å². The summed E-state index contributed by atoms with van der Waals surface area (Å²) >= 11 is 0. The first-order chi connectivity index (χ1) is 14.1. The molecule has 1 aromatic rings. The summed E-state index contributed by atoms with van der Waals surface area (Å²) in [7, 11) is 0. The fraction of sp³-hybridized carbons (Fsp3) is 0.741. The lowest BCUT2D eigenvalue weighted by molar-refractivity contribution is -0.130. The molecule has 0 heterocycles. The maximum atomic E-state index is 13.4. The van der Waals surface area contributed by atoms with E-state index in [1.54, 1.807) is 0 Å². The van der Waals surface area contributed by atoms with Crippen LogP contribution in [0.5, 0.6) is 0 Å². The van der Waals surface area contributed by atoms with Gasteiger partial charge in [0.2, 0.25) is 5.91 Å². The number of hydrogen-bond acceptors (Lipinski definition) is 1. The number of para-hydroxylation sites is 1. The highest BCUT2D eigenvalue weighted by molar-refractivity contribution is 5.94. The molecule has 6 rings (SSSR count). The third kappa shape index (κ3) is 2.77. The Morgan fingerprint density at radius 1 is 0.897 bits per heavy atom. The molecule has 10 unspecified atom stereocenters. The molecule has 5 saturated carbocycles. The summed E-state index contributed by atoms with van der Waals surface area (Å²) in [6.45, 7) is 4.98. The Labute approximate surface area is 176 Å². The van der Waals surface area contributed by atoms with E-state index in [4.69, 9.17) is 0 Å². The number of anilines is 1. The van der Waals surface area contributed by atoms with E-state index in [0.717, 1.165) is 47.1 Å². The van der Waals surface area contributed by atoms with Crippen molar-refractivity contribution in [2.75, 3.05) is 5.32 Å². The smallest absolute Gasteiger partial charge is 0.228 e. The minimum atomic E-state index is 0.239. The zero-order chi connectivity index (χ0) is 19.8. The first-order valence-electron chi connectivity index (χ1n) is 12.4. The minimum Gasteiger partial charge on any atom is -0.326 e. The van der Waals surface area contributed by atoms with E-state index in [9.17, 15) is 4.79 Å². The average Bonchev–Trinajstić information content (AvgIpc) is 3.42. The third-order valence-corrected chi connectivity index (χ3v) is 10.3. The van der Waals surface area contributed by atoms with Crippen molar-refractivity contribution >= 4 is 11.6 Å². The van der Waals surface area contributed by atoms with Crippen molar-refractivity contribution < 1.29 is 4.79 Å². The second kappa shape index (κ2) is 6.59. The summed E-state index contributed by atoms with van der Waals surface area (Å²) in [4.78, 5) is 13.4. The van der Waals surface area contributed by atoms with Crippen LogP contribution in [0, 0.1) is 58.7 Å². The van der Waals surface area contributed by atoms with E-state index in [0.29, 0.717) is 11.8 Å². The lowest BCUT2D eigenvalue weighted by Gasteiger charge is -2.57. The molecule has 2 nitrogen and oxygen atoms in total. The SMILES string of the molecule is CC1CCC2C(CCC3C2CCC2(C)C(C(=O)Nc4ccccc4)C4CC4C32)C1. The molecule has 29 heavy (non-hydrogen) atoms. The second-order valence-corrected chi connectivity index (χ2v) is 11.7. The minimum absolute atomic E-state index is 0.239. The van der Waals surface area contributed by atoms with Crippen LogP contribution in [0.3, 0.4) is 0 Å². The van der Waals surface area contributed by atoms with Gasteiger partial charge in [0.05, 0.1) is 0 Å². The van der Waals surface area contributed by atoms with Gasteiger partial charge in [0.15, 0.2) is 0 Å². The summed E-state index contributed by atoms with van der Waals surface area (Å²) in [6, 6.07) is 10.1. The fourth-order valence-electron chi connectivity index (χ4n) is 9.29. The van der Waals surface area contributed by atoms with Gasteiger partial charge < -0.3 is 5.32 Å². The lowest BCUT2D eigenvalue weighted by atomic mass is 9.48. The van der Waals surface area contributed by atoms with Crippen LogP contribution in [0.2, 0.25) is 0 Å². The number of hydrogen-bond donors (Lipinski definition) is 1. The number of nitrogens with one attached hydrogen (secondary N) is 1. The summed E-state index contributed by atoms with van der Waals surface area (Å²) in [6.07, 6.45) is 11.4. The van der Waals surface area contributed by atoms with Crippen LogP contribution in [0.15, 0.2) is 30.3 Å². The standard InChI is InChI=1S/C27H37NO/c1-16-8-10-19-17(14-16)9-11-21-20(19)12-13-27(2)24(21)22-15-23(22)25(27)26(29)28-18-6-4-3-5-7-18/h3-7,16-17,19-25H,8-15H2,1-2H3,(H,28,29). The number of carbonyl (C=O) groups is 1. The highest BCUT2D eigenvalue weighted by Gasteiger charge is 2.70. The number of amides is 1. The number of rotatable bonds is 2. The summed E-state index contributed by atoms with van der Waals surface area (Å²) in [5.74, 6) is 7.72. The first-order valence-corrected chi connectivity index (χ1v) is 12.4. The normalized spacial score (nSPS) is 49.9. The first kappa shape index (κ1) is 18.5. The van der Waals surface area contributed by atoms with Crippen LogP contribution in [0.4, 0.5) is 5.69 Å². The van der Waals surface area contributed by atoms with Gasteiger partial charge in [-0.25, -0.2) is 0 Å². The van der Waals surface area contributed by atoms with Gasteiger partial charge in [-0.1, -0.05) is 38.5 Å². The van der Waals surface area contributed by atoms with Gasteiger partial charge in [0.1, 0.15) is 0 Å². The van der Waals surface area contributed by atoms with E-state index >= 15 is 0 Å². The van der Waals surface area contributed by atoms with E-state index in [1.165, 1.54) is 51.4 Å². The van der Waals surface area contributed by atoms with Crippen LogP contribution < -0.4 is 5.32 Å². The van der Waals surface area contributed by atoms with Crippen molar-refractivity contribution in [2.45, 2.75) is 65.2 Å². The van der Waals surface area contributed by atoms with Crippen LogP contribution in [0.1, 0.15) is 65.2 Å². The highest BCUT2D eigenvalue weighted by atomic mass is 16.2. The maximum Gasteiger partial charge on any atom is 0.228 e. The van der Waals surface area contributed by atoms with Gasteiger partial charge in [-0.05, 0) is 110 Å². The van der Waals surface area contributed by atoms with Gasteiger partial charge >= 0.3 is 0 Å². The predicted octanol–water partition coefficient (Wildman–Crippen LogP) is 6.39. The summed E-state index contributed by atoms with van der Waals surface area (Å²) < 4.78 is 0. The molecule has 0 saturated heterocycles. The molecule has 2 heteroatoms. The largest absolute Gasteiger partial charge is 0.326 e. The van der Waals surface area contributed by atoms with Gasteiger partial charge in [0, 0.05) is 11.6 Å². The third-order valence-electron chi connectivity index (χ3n) is 10.3. The Morgan fingerprint density at radius 3 is 2.52 bits per heavy atom. The lowest BCUT2D eigenvalue weighted by Crippen LogP contribution is -2.51. The molecule has 156 valence electrons. The van der Waals surface area contributed by atoms with E-state index in [2.05, 4.69) is 19.2 Å². The van der Waals surface area contributed by atoms with Crippen LogP contribution in [-0.4, -0.2) is 5.91 Å². The molecule has 0 aromatic heterocycles. The molecule has 0 spiro atoms. The molecule has 5 aliphatic rings. The zero-order valence-electron chi connectivity index (χ0n) is 18.1. The number of carbonyl (C=O) groups excluding carboxylic acids is 1. The Hall–Kier alpha value is -1.31. The summed E-state index contributed by atoms with van der Waals surface area (Å²) in [5, 5.41) is 3.28. The van der Waals surface area contributed by atoms with E-state index < -0.39 is 0 Å². The number of fused-ring (bicyclic) bond motifs is 7. The van der Waals surface area contributed by atoms with Gasteiger partial charge in [-0.2, -0.15) is 0 Å². The molecule has 1 aromatic carbocycles. The molecule has 0 aliphatic heterocycles. The molecular weight excluding hydrogens is 354 g/mol. The number of benzene rings is 1. The average molecular weight is 392 g/mol. The van der Waals surface area contributed by atoms with Crippen LogP contribution in [-0.2, 0) is 4.79 Å². The van der Waals surface area contributed by atoms with Crippen molar-refractivity contribution in [2.24, 2.45) is 58.7 Å². The quantitative estimate of drug-likeness (QED) is 0.622. The van der Waals surface area contributed by atoms with Crippen molar-refractivity contribution in [3.05, 3.63) is 30.3 Å². The topological polar surface area (TPSA) is 29.1 Å². The molecule has 1 amide bonds. The predicted molar refractivity (Wildman–Crippen MR) is 117 cm³/mol. The van der Waals surface area contributed by atoms with Crippen LogP contribution in [0.25, 0.3) is 0 Å². The monoisotopic (exact) mass is 391 g/mol. The van der Waals surface area contributed by atoms with Crippen molar-refractivity contribution in [1.82, 2.24) is 0 Å². The molecule has 5 fully saturated rings. The molecular formula is C27H37NO. The Kier molecular flexibility index (Phi) is 4.20. The molecule has 0 radical (unpaired) electrons. The summed E-state index contributed by atoms with van der Waals surface area (Å²) in [5.41, 5.74) is 1.20. The van der Waals surface area contributed by atoms with Crippen molar-refractivity contribution in [3.63, 3.8) is 0 Å². The Balaban J connectivity index is 1.24. The van der Waals surface area contributed by atoms with E-state index in [1.807, 2.05) is 30.3 Å². The fourth-order valence-corrected chi connectivity index (χ4v) is 9.29. The molecule has 0 bridgehead atoms. The van der Waals surface area contributed by atoms with Crippen LogP contribution >= 0.6 is 0 Å². The maximum absolute atomic E-state index is 13.4. The second-order valence-electron chi connectivity index (χ2n) is 11.7. The highest BCUT2D eigenvalue weighted by Crippen LogP contribution is 2.74. The van der Waals surface area contributed by atoms with E-state index in [-0.39, 0.29) is 11.3 Å². The van der Waals surface area contributed by atoms with Gasteiger partial charge in [-0.15, -0.1) is 0 Å². The molecule has 5 aliphatic carbocycles. The Morgan fingerprint density at radius 2 is 1.69 bits per heavy atom. The zero-order valence-corrected chi connectivity index (χ0v) is 18.1. The van der Waals surface area contributed by atoms with Gasteiger partial charge in [-0.3, -0.25) is 4.79 Å². The molecule has 10 atom stereocenters. The van der Waals surface area contributed by atoms with Gasteiger partial charge in [0.25, 0.3) is 0 Å². The van der Waals surface area contributed by atoms with Crippen molar-refractivity contribution in [1.29, 1.82) is 0 Å². The molecule has 1 N–H and O–H groups in total.